The van der Waals surface area contributed by atoms with Crippen LogP contribution in [-0.4, -0.2) is 40.6 Å². The second-order valence-electron chi connectivity index (χ2n) is 7.38. The maximum absolute atomic E-state index is 14.8. The second-order valence-corrected chi connectivity index (χ2v) is 7.38. The minimum absolute atomic E-state index is 0.224. The summed E-state index contributed by atoms with van der Waals surface area (Å²) in [5.41, 5.74) is -9.23. The highest BCUT2D eigenvalue weighted by Crippen LogP contribution is 2.71. The summed E-state index contributed by atoms with van der Waals surface area (Å²) in [5.74, 6) is -26.5. The molecule has 2 rings (SSSR count). The molecule has 0 radical (unpaired) electrons. The summed E-state index contributed by atoms with van der Waals surface area (Å²) in [6.07, 6.45) is -2.52. The number of halogens is 9. The van der Waals surface area contributed by atoms with Gasteiger partial charge in [0.1, 0.15) is 5.75 Å². The third kappa shape index (κ3) is 2.98. The van der Waals surface area contributed by atoms with Crippen LogP contribution in [0.1, 0.15) is 39.2 Å². The predicted molar refractivity (Wildman–Crippen MR) is 84.6 cm³/mol. The molecule has 1 aromatic carbocycles. The van der Waals surface area contributed by atoms with E-state index < -0.39 is 53.0 Å². The van der Waals surface area contributed by atoms with Crippen LogP contribution >= 0.6 is 0 Å². The zero-order valence-electron chi connectivity index (χ0n) is 15.6. The fourth-order valence-electron chi connectivity index (χ4n) is 3.20. The van der Waals surface area contributed by atoms with Crippen LogP contribution in [0.4, 0.5) is 39.5 Å². The lowest BCUT2D eigenvalue weighted by Gasteiger charge is -2.37. The number of benzene rings is 1. The number of para-hydroxylation sites is 1. The molecule has 11 heteroatoms. The molecule has 1 saturated carbocycles. The first-order valence-corrected chi connectivity index (χ1v) is 8.59. The SMILES string of the molecule is CCC(C)Oc1ccccc1C(C)(O)CC1(F)C(F)(F)C(F)(F)C(F)(F)C1(F)F. The fraction of sp³-hybridized carbons (Fsp3) is 0.667. The number of aliphatic hydroxyl groups is 1. The molecular weight excluding hydrogens is 419 g/mol. The van der Waals surface area contributed by atoms with Crippen LogP contribution in [0.3, 0.4) is 0 Å². The number of rotatable bonds is 6. The summed E-state index contributed by atoms with van der Waals surface area (Å²) in [7, 11) is 0. The maximum Gasteiger partial charge on any atom is 0.381 e. The van der Waals surface area contributed by atoms with Crippen molar-refractivity contribution in [2.75, 3.05) is 0 Å². The van der Waals surface area contributed by atoms with E-state index in [4.69, 9.17) is 4.74 Å². The average molecular weight is 438 g/mol. The van der Waals surface area contributed by atoms with E-state index in [0.717, 1.165) is 6.07 Å². The average Bonchev–Trinajstić information content (AvgIpc) is 2.64. The third-order valence-electron chi connectivity index (χ3n) is 5.14. The van der Waals surface area contributed by atoms with E-state index in [-0.39, 0.29) is 5.75 Å². The monoisotopic (exact) mass is 438 g/mol. The van der Waals surface area contributed by atoms with E-state index in [0.29, 0.717) is 13.3 Å². The van der Waals surface area contributed by atoms with E-state index in [9.17, 15) is 44.6 Å². The summed E-state index contributed by atoms with van der Waals surface area (Å²) in [4.78, 5) is 0. The Labute approximate surface area is 160 Å². The van der Waals surface area contributed by atoms with Gasteiger partial charge in [0.25, 0.3) is 5.67 Å². The van der Waals surface area contributed by atoms with Gasteiger partial charge < -0.3 is 9.84 Å². The first-order valence-electron chi connectivity index (χ1n) is 8.59. The van der Waals surface area contributed by atoms with Crippen LogP contribution in [-0.2, 0) is 5.60 Å². The minimum atomic E-state index is -6.68. The van der Waals surface area contributed by atoms with Gasteiger partial charge >= 0.3 is 23.7 Å². The van der Waals surface area contributed by atoms with Crippen molar-refractivity contribution in [1.82, 2.24) is 0 Å². The molecule has 1 aliphatic rings. The molecule has 29 heavy (non-hydrogen) atoms. The number of hydrogen-bond donors (Lipinski definition) is 1. The van der Waals surface area contributed by atoms with Crippen molar-refractivity contribution in [3.8, 4) is 5.75 Å². The van der Waals surface area contributed by atoms with Crippen LogP contribution in [0.5, 0.6) is 5.75 Å². The molecule has 0 heterocycles. The summed E-state index contributed by atoms with van der Waals surface area (Å²) < 4.78 is 130. The molecule has 2 nitrogen and oxygen atoms in total. The molecule has 0 bridgehead atoms. The molecule has 0 amide bonds. The Kier molecular flexibility index (Phi) is 5.44. The molecule has 2 atom stereocenters. The van der Waals surface area contributed by atoms with Crippen molar-refractivity contribution in [3.63, 3.8) is 0 Å². The minimum Gasteiger partial charge on any atom is -0.490 e. The smallest absolute Gasteiger partial charge is 0.381 e. The lowest BCUT2D eigenvalue weighted by atomic mass is 9.80. The van der Waals surface area contributed by atoms with Crippen molar-refractivity contribution < 1.29 is 49.4 Å². The highest BCUT2D eigenvalue weighted by Gasteiger charge is 3.00. The Morgan fingerprint density at radius 3 is 1.79 bits per heavy atom. The number of alkyl halides is 9. The lowest BCUT2D eigenvalue weighted by Crippen LogP contribution is -2.57. The zero-order chi connectivity index (χ0) is 22.7. The standard InChI is InChI=1S/C18H19F9O2/c1-4-10(2)29-12-8-6-5-7-11(12)13(3,28)9-14(19)15(20,21)17(24,25)18(26,27)16(14,22)23/h5-8,10,28H,4,9H2,1-3H3. The lowest BCUT2D eigenvalue weighted by molar-refractivity contribution is -0.303. The van der Waals surface area contributed by atoms with E-state index >= 15 is 0 Å². The van der Waals surface area contributed by atoms with Gasteiger partial charge in [-0.2, -0.15) is 35.1 Å². The quantitative estimate of drug-likeness (QED) is 0.576. The molecule has 0 saturated heterocycles. The second kappa shape index (κ2) is 6.68. The first-order chi connectivity index (χ1) is 12.9. The number of hydrogen-bond acceptors (Lipinski definition) is 2. The van der Waals surface area contributed by atoms with Gasteiger partial charge in [-0.25, -0.2) is 4.39 Å². The fourth-order valence-corrected chi connectivity index (χ4v) is 3.20. The Morgan fingerprint density at radius 2 is 1.34 bits per heavy atom. The molecule has 2 unspecified atom stereocenters. The van der Waals surface area contributed by atoms with Gasteiger partial charge in [0.15, 0.2) is 0 Å². The molecule has 0 aromatic heterocycles. The van der Waals surface area contributed by atoms with Crippen molar-refractivity contribution >= 4 is 0 Å². The maximum atomic E-state index is 14.8. The van der Waals surface area contributed by atoms with Crippen molar-refractivity contribution in [1.29, 1.82) is 0 Å². The van der Waals surface area contributed by atoms with Crippen LogP contribution in [0.25, 0.3) is 0 Å². The van der Waals surface area contributed by atoms with E-state index in [1.807, 2.05) is 0 Å². The van der Waals surface area contributed by atoms with Crippen LogP contribution in [0.15, 0.2) is 24.3 Å². The summed E-state index contributed by atoms with van der Waals surface area (Å²) in [6.45, 7) is 3.85. The predicted octanol–water partition coefficient (Wildman–Crippen LogP) is 5.72. The van der Waals surface area contributed by atoms with Gasteiger partial charge in [-0.15, -0.1) is 0 Å². The summed E-state index contributed by atoms with van der Waals surface area (Å²) in [6, 6.07) is 4.79. The molecule has 1 N–H and O–H groups in total. The van der Waals surface area contributed by atoms with E-state index in [1.165, 1.54) is 18.2 Å². The molecule has 1 aromatic rings. The summed E-state index contributed by atoms with van der Waals surface area (Å²) in [5, 5.41) is 10.5. The molecule has 166 valence electrons. The van der Waals surface area contributed by atoms with Crippen LogP contribution < -0.4 is 4.74 Å². The Balaban J connectivity index is 2.58. The highest BCUT2D eigenvalue weighted by atomic mass is 19.4. The Morgan fingerprint density at radius 1 is 0.897 bits per heavy atom. The first kappa shape index (κ1) is 23.6. The van der Waals surface area contributed by atoms with Gasteiger partial charge in [0, 0.05) is 12.0 Å². The Hall–Kier alpha value is -1.65. The van der Waals surface area contributed by atoms with Crippen molar-refractivity contribution in [3.05, 3.63) is 29.8 Å². The number of ether oxygens (including phenoxy) is 1. The topological polar surface area (TPSA) is 29.5 Å². The van der Waals surface area contributed by atoms with E-state index in [1.54, 1.807) is 13.8 Å². The van der Waals surface area contributed by atoms with Gasteiger partial charge in [-0.05, 0) is 26.3 Å². The van der Waals surface area contributed by atoms with Crippen LogP contribution in [0.2, 0.25) is 0 Å². The zero-order valence-corrected chi connectivity index (χ0v) is 15.6. The molecule has 1 aliphatic carbocycles. The van der Waals surface area contributed by atoms with Crippen LogP contribution in [0, 0.1) is 0 Å². The largest absolute Gasteiger partial charge is 0.490 e. The third-order valence-corrected chi connectivity index (χ3v) is 5.14. The van der Waals surface area contributed by atoms with Gasteiger partial charge in [0.2, 0.25) is 0 Å². The molecule has 1 fully saturated rings. The molecular formula is C18H19F9O2. The van der Waals surface area contributed by atoms with Crippen molar-refractivity contribution in [2.24, 2.45) is 0 Å². The van der Waals surface area contributed by atoms with Gasteiger partial charge in [-0.3, -0.25) is 0 Å². The van der Waals surface area contributed by atoms with Gasteiger partial charge in [0.05, 0.1) is 11.7 Å². The molecule has 0 spiro atoms. The van der Waals surface area contributed by atoms with E-state index in [2.05, 4.69) is 0 Å². The molecule has 0 aliphatic heterocycles. The van der Waals surface area contributed by atoms with Gasteiger partial charge in [-0.1, -0.05) is 25.1 Å². The Bertz CT molecular complexity index is 735. The highest BCUT2D eigenvalue weighted by molar-refractivity contribution is 5.39. The van der Waals surface area contributed by atoms with Crippen molar-refractivity contribution in [2.45, 2.75) is 74.7 Å². The normalized spacial score (nSPS) is 26.5. The summed E-state index contributed by atoms with van der Waals surface area (Å²) >= 11 is 0.